The van der Waals surface area contributed by atoms with Gasteiger partial charge in [0.05, 0.1) is 17.9 Å². The summed E-state index contributed by atoms with van der Waals surface area (Å²) in [7, 11) is 0. The molecule has 0 spiro atoms. The highest BCUT2D eigenvalue weighted by atomic mass is 35.5. The van der Waals surface area contributed by atoms with Gasteiger partial charge in [0.25, 0.3) is 5.91 Å². The maximum atomic E-state index is 12.2. The summed E-state index contributed by atoms with van der Waals surface area (Å²) in [6.45, 7) is 4.50. The van der Waals surface area contributed by atoms with Crippen LogP contribution in [0.2, 0.25) is 5.15 Å². The predicted octanol–water partition coefficient (Wildman–Crippen LogP) is 2.18. The third-order valence-electron chi connectivity index (χ3n) is 4.01. The minimum Gasteiger partial charge on any atom is -0.452 e. The first kappa shape index (κ1) is 18.4. The largest absolute Gasteiger partial charge is 0.452 e. The SMILES string of the molecule is C[C@H]1CN(C(=O)COC(=O)/C=C/c2c(Cl)nc3ccccn23)C[C@H](C)O1. The summed E-state index contributed by atoms with van der Waals surface area (Å²) in [5.41, 5.74) is 1.25. The van der Waals surface area contributed by atoms with E-state index in [0.29, 0.717) is 24.4 Å². The van der Waals surface area contributed by atoms with Gasteiger partial charge in [-0.05, 0) is 32.1 Å². The van der Waals surface area contributed by atoms with Crippen LogP contribution in [0.1, 0.15) is 19.5 Å². The van der Waals surface area contributed by atoms with Crippen molar-refractivity contribution in [1.82, 2.24) is 14.3 Å². The zero-order valence-electron chi connectivity index (χ0n) is 14.6. The Morgan fingerprint density at radius 1 is 1.35 bits per heavy atom. The number of halogens is 1. The topological polar surface area (TPSA) is 73.1 Å². The summed E-state index contributed by atoms with van der Waals surface area (Å²) >= 11 is 6.10. The molecule has 0 aliphatic carbocycles. The molecule has 0 bridgehead atoms. The lowest BCUT2D eigenvalue weighted by molar-refractivity contribution is -0.154. The number of aromatic nitrogens is 2. The second-order valence-corrected chi connectivity index (χ2v) is 6.57. The number of hydrogen-bond donors (Lipinski definition) is 0. The van der Waals surface area contributed by atoms with Gasteiger partial charge in [0, 0.05) is 25.4 Å². The Kier molecular flexibility index (Phi) is 5.58. The molecule has 138 valence electrons. The van der Waals surface area contributed by atoms with Gasteiger partial charge in [-0.1, -0.05) is 17.7 Å². The Morgan fingerprint density at radius 2 is 2.08 bits per heavy atom. The highest BCUT2D eigenvalue weighted by Crippen LogP contribution is 2.19. The van der Waals surface area contributed by atoms with Gasteiger partial charge in [0.2, 0.25) is 0 Å². The number of hydrogen-bond acceptors (Lipinski definition) is 5. The van der Waals surface area contributed by atoms with Gasteiger partial charge in [-0.25, -0.2) is 9.78 Å². The van der Waals surface area contributed by atoms with Crippen molar-refractivity contribution in [2.75, 3.05) is 19.7 Å². The van der Waals surface area contributed by atoms with E-state index >= 15 is 0 Å². The molecule has 2 aromatic rings. The molecule has 2 aromatic heterocycles. The molecule has 7 nitrogen and oxygen atoms in total. The fraction of sp³-hybridized carbons (Fsp3) is 0.389. The van der Waals surface area contributed by atoms with Gasteiger partial charge in [0.15, 0.2) is 11.8 Å². The molecule has 3 rings (SSSR count). The van der Waals surface area contributed by atoms with Crippen LogP contribution in [0, 0.1) is 0 Å². The number of morpholine rings is 1. The maximum Gasteiger partial charge on any atom is 0.331 e. The van der Waals surface area contributed by atoms with Crippen molar-refractivity contribution in [3.63, 3.8) is 0 Å². The van der Waals surface area contributed by atoms with Crippen molar-refractivity contribution in [2.45, 2.75) is 26.1 Å². The fourth-order valence-corrected chi connectivity index (χ4v) is 3.18. The van der Waals surface area contributed by atoms with Crippen molar-refractivity contribution in [2.24, 2.45) is 0 Å². The number of ether oxygens (including phenoxy) is 2. The minimum absolute atomic E-state index is 0.0319. The lowest BCUT2D eigenvalue weighted by atomic mass is 10.2. The van der Waals surface area contributed by atoms with E-state index in [9.17, 15) is 9.59 Å². The Labute approximate surface area is 156 Å². The van der Waals surface area contributed by atoms with Crippen molar-refractivity contribution < 1.29 is 19.1 Å². The number of rotatable bonds is 4. The first-order valence-corrected chi connectivity index (χ1v) is 8.72. The molecule has 1 fully saturated rings. The van der Waals surface area contributed by atoms with Gasteiger partial charge >= 0.3 is 5.97 Å². The quantitative estimate of drug-likeness (QED) is 0.603. The molecule has 26 heavy (non-hydrogen) atoms. The van der Waals surface area contributed by atoms with Crippen LogP contribution in [0.4, 0.5) is 0 Å². The number of esters is 1. The number of imidazole rings is 1. The zero-order chi connectivity index (χ0) is 18.7. The van der Waals surface area contributed by atoms with E-state index in [0.717, 1.165) is 0 Å². The van der Waals surface area contributed by atoms with Crippen LogP contribution >= 0.6 is 11.6 Å². The molecular weight excluding hydrogens is 358 g/mol. The second-order valence-electron chi connectivity index (χ2n) is 6.21. The molecule has 1 aliphatic rings. The first-order valence-electron chi connectivity index (χ1n) is 8.34. The van der Waals surface area contributed by atoms with E-state index in [-0.39, 0.29) is 29.9 Å². The Balaban J connectivity index is 1.57. The molecule has 8 heteroatoms. The standard InChI is InChI=1S/C18H20ClN3O4/c1-12-9-21(10-13(2)26-12)16(23)11-25-17(24)7-6-14-18(19)20-15-5-3-4-8-22(14)15/h3-8,12-13H,9-11H2,1-2H3/b7-6+/t12-,13-/m0/s1. The van der Waals surface area contributed by atoms with Crippen LogP contribution in [-0.2, 0) is 19.1 Å². The maximum absolute atomic E-state index is 12.2. The highest BCUT2D eigenvalue weighted by Gasteiger charge is 2.26. The molecule has 1 saturated heterocycles. The smallest absolute Gasteiger partial charge is 0.331 e. The number of nitrogens with zero attached hydrogens (tertiary/aromatic N) is 3. The van der Waals surface area contributed by atoms with E-state index in [4.69, 9.17) is 21.1 Å². The summed E-state index contributed by atoms with van der Waals surface area (Å²) in [6.07, 6.45) is 4.49. The Morgan fingerprint density at radius 3 is 2.81 bits per heavy atom. The summed E-state index contributed by atoms with van der Waals surface area (Å²) < 4.78 is 12.4. The zero-order valence-corrected chi connectivity index (χ0v) is 15.3. The van der Waals surface area contributed by atoms with Crippen molar-refractivity contribution in [3.8, 4) is 0 Å². The lowest BCUT2D eigenvalue weighted by Crippen LogP contribution is -2.49. The normalized spacial score (nSPS) is 20.7. The Bertz CT molecular complexity index is 838. The molecule has 0 aromatic carbocycles. The molecule has 0 saturated carbocycles. The predicted molar refractivity (Wildman–Crippen MR) is 96.8 cm³/mol. The van der Waals surface area contributed by atoms with Crippen molar-refractivity contribution >= 4 is 35.2 Å². The molecule has 2 atom stereocenters. The van der Waals surface area contributed by atoms with Crippen molar-refractivity contribution in [1.29, 1.82) is 0 Å². The first-order chi connectivity index (χ1) is 12.4. The van der Waals surface area contributed by atoms with Crippen molar-refractivity contribution in [3.05, 3.63) is 41.3 Å². The molecule has 1 aliphatic heterocycles. The van der Waals surface area contributed by atoms with E-state index in [1.54, 1.807) is 15.5 Å². The average molecular weight is 378 g/mol. The minimum atomic E-state index is -0.616. The third-order valence-corrected chi connectivity index (χ3v) is 4.29. The van der Waals surface area contributed by atoms with Crippen LogP contribution in [-0.4, -0.2) is 58.1 Å². The summed E-state index contributed by atoms with van der Waals surface area (Å²) in [4.78, 5) is 30.0. The monoisotopic (exact) mass is 377 g/mol. The molecule has 0 radical (unpaired) electrons. The van der Waals surface area contributed by atoms with E-state index < -0.39 is 5.97 Å². The van der Waals surface area contributed by atoms with Crippen LogP contribution in [0.25, 0.3) is 11.7 Å². The van der Waals surface area contributed by atoms with Crippen LogP contribution < -0.4 is 0 Å². The van der Waals surface area contributed by atoms with Crippen LogP contribution in [0.15, 0.2) is 30.5 Å². The molecule has 3 heterocycles. The highest BCUT2D eigenvalue weighted by molar-refractivity contribution is 6.31. The van der Waals surface area contributed by atoms with Crippen LogP contribution in [0.5, 0.6) is 0 Å². The Hall–Kier alpha value is -2.38. The summed E-state index contributed by atoms with van der Waals surface area (Å²) in [6, 6.07) is 5.49. The second kappa shape index (κ2) is 7.88. The van der Waals surface area contributed by atoms with Gasteiger partial charge in [-0.15, -0.1) is 0 Å². The number of pyridine rings is 1. The number of amides is 1. The van der Waals surface area contributed by atoms with Gasteiger partial charge in [0.1, 0.15) is 5.65 Å². The fourth-order valence-electron chi connectivity index (χ4n) is 2.94. The van der Waals surface area contributed by atoms with E-state index in [1.807, 2.05) is 32.0 Å². The van der Waals surface area contributed by atoms with Crippen LogP contribution in [0.3, 0.4) is 0 Å². The molecular formula is C18H20ClN3O4. The number of fused-ring (bicyclic) bond motifs is 1. The third kappa shape index (κ3) is 4.23. The summed E-state index contributed by atoms with van der Waals surface area (Å²) in [5.74, 6) is -0.851. The number of carbonyl (C=O) groups excluding carboxylic acids is 2. The molecule has 1 amide bonds. The lowest BCUT2D eigenvalue weighted by Gasteiger charge is -2.35. The number of carbonyl (C=O) groups is 2. The summed E-state index contributed by atoms with van der Waals surface area (Å²) in [5, 5.41) is 0.285. The molecule has 0 N–H and O–H groups in total. The van der Waals surface area contributed by atoms with E-state index in [2.05, 4.69) is 4.98 Å². The average Bonchev–Trinajstić information content (AvgIpc) is 2.92. The van der Waals surface area contributed by atoms with Gasteiger partial charge < -0.3 is 14.4 Å². The van der Waals surface area contributed by atoms with Gasteiger partial charge in [-0.2, -0.15) is 0 Å². The van der Waals surface area contributed by atoms with Gasteiger partial charge in [-0.3, -0.25) is 9.20 Å². The van der Waals surface area contributed by atoms with E-state index in [1.165, 1.54) is 12.2 Å². The molecule has 0 unspecified atom stereocenters.